The second-order valence-corrected chi connectivity index (χ2v) is 9.84. The molecule has 0 radical (unpaired) electrons. The summed E-state index contributed by atoms with van der Waals surface area (Å²) in [5, 5.41) is 0.254. The van der Waals surface area contributed by atoms with Gasteiger partial charge in [0, 0.05) is 0 Å². The van der Waals surface area contributed by atoms with Crippen molar-refractivity contribution >= 4 is 10.8 Å². The topological polar surface area (TPSA) is 0 Å². The van der Waals surface area contributed by atoms with Crippen LogP contribution in [-0.2, 0) is 0 Å². The van der Waals surface area contributed by atoms with E-state index in [1.54, 1.807) is 18.2 Å². The normalized spacial score (nSPS) is 26.7. The minimum absolute atomic E-state index is 0.0546. The highest BCUT2D eigenvalue weighted by molar-refractivity contribution is 5.84. The number of unbranched alkanes of at least 4 members (excludes halogenated alkanes) is 4. The highest BCUT2D eigenvalue weighted by Crippen LogP contribution is 2.49. The Labute approximate surface area is 179 Å². The lowest BCUT2D eigenvalue weighted by molar-refractivity contribution is 0.112. The van der Waals surface area contributed by atoms with E-state index in [0.717, 1.165) is 31.1 Å². The average Bonchev–Trinajstić information content (AvgIpc) is 2.75. The quantitative estimate of drug-likeness (QED) is 0.395. The number of fused-ring (bicyclic) bond motifs is 2. The van der Waals surface area contributed by atoms with Crippen LogP contribution >= 0.6 is 0 Å². The standard InChI is InChI=1S/C27H35F3/c1-2-3-4-5-6-8-18-11-12-20-16-21(14-13-19(20)15-18)23-17-22-9-7-10-24(28)25(22)27(30)26(23)29/h7,9-10,17-21H,2-6,8,11-16H2,1H3. The maximum Gasteiger partial charge on any atom is 0.169 e. The van der Waals surface area contributed by atoms with Gasteiger partial charge in [0.15, 0.2) is 11.6 Å². The lowest BCUT2D eigenvalue weighted by atomic mass is 9.63. The minimum atomic E-state index is -1.02. The molecule has 0 aromatic heterocycles. The van der Waals surface area contributed by atoms with Crippen molar-refractivity contribution in [2.24, 2.45) is 17.8 Å². The first-order chi connectivity index (χ1) is 14.6. The lowest BCUT2D eigenvalue weighted by Crippen LogP contribution is -2.30. The smallest absolute Gasteiger partial charge is 0.169 e. The van der Waals surface area contributed by atoms with Gasteiger partial charge in [0.1, 0.15) is 5.82 Å². The molecular weight excluding hydrogens is 381 g/mol. The molecule has 0 aliphatic heterocycles. The number of hydrogen-bond donors (Lipinski definition) is 0. The number of benzene rings is 2. The predicted octanol–water partition coefficient (Wildman–Crippen LogP) is 8.92. The maximum atomic E-state index is 14.9. The summed E-state index contributed by atoms with van der Waals surface area (Å²) in [4.78, 5) is 0. The molecule has 0 spiro atoms. The molecule has 2 aliphatic rings. The number of halogens is 3. The Hall–Kier alpha value is -1.51. The lowest BCUT2D eigenvalue weighted by Gasteiger charge is -2.42. The predicted molar refractivity (Wildman–Crippen MR) is 118 cm³/mol. The Morgan fingerprint density at radius 1 is 0.833 bits per heavy atom. The van der Waals surface area contributed by atoms with Gasteiger partial charge in [-0.2, -0.15) is 0 Å². The molecule has 0 N–H and O–H groups in total. The highest BCUT2D eigenvalue weighted by Gasteiger charge is 2.37. The first-order valence-corrected chi connectivity index (χ1v) is 12.1. The van der Waals surface area contributed by atoms with Crippen LogP contribution in [0.5, 0.6) is 0 Å². The van der Waals surface area contributed by atoms with Crippen molar-refractivity contribution in [3.8, 4) is 0 Å². The second-order valence-electron chi connectivity index (χ2n) is 9.84. The molecule has 0 nitrogen and oxygen atoms in total. The van der Waals surface area contributed by atoms with E-state index in [2.05, 4.69) is 6.92 Å². The van der Waals surface area contributed by atoms with Crippen LogP contribution in [0.1, 0.15) is 95.5 Å². The third kappa shape index (κ3) is 4.55. The van der Waals surface area contributed by atoms with E-state index in [4.69, 9.17) is 0 Å². The van der Waals surface area contributed by atoms with Gasteiger partial charge >= 0.3 is 0 Å². The van der Waals surface area contributed by atoms with Gasteiger partial charge in [-0.3, -0.25) is 0 Å². The summed E-state index contributed by atoms with van der Waals surface area (Å²) < 4.78 is 43.5. The zero-order chi connectivity index (χ0) is 21.1. The SMILES string of the molecule is CCCCCCCC1CCC2CC(c3cc4cccc(F)c4c(F)c3F)CCC2C1. The van der Waals surface area contributed by atoms with E-state index in [1.165, 1.54) is 63.9 Å². The van der Waals surface area contributed by atoms with Gasteiger partial charge in [-0.05, 0) is 78.9 Å². The fourth-order valence-corrected chi connectivity index (χ4v) is 6.22. The third-order valence-corrected chi connectivity index (χ3v) is 7.90. The molecule has 0 heterocycles. The van der Waals surface area contributed by atoms with E-state index in [0.29, 0.717) is 16.9 Å². The van der Waals surface area contributed by atoms with Gasteiger partial charge in [0.25, 0.3) is 0 Å². The number of rotatable bonds is 7. The van der Waals surface area contributed by atoms with Crippen LogP contribution in [0, 0.1) is 35.2 Å². The summed E-state index contributed by atoms with van der Waals surface area (Å²) in [6, 6.07) is 6.14. The van der Waals surface area contributed by atoms with Gasteiger partial charge in [-0.25, -0.2) is 13.2 Å². The molecule has 3 heteroatoms. The van der Waals surface area contributed by atoms with Crippen molar-refractivity contribution < 1.29 is 13.2 Å². The van der Waals surface area contributed by atoms with E-state index in [-0.39, 0.29) is 11.3 Å². The van der Waals surface area contributed by atoms with Crippen LogP contribution in [0.2, 0.25) is 0 Å². The van der Waals surface area contributed by atoms with Crippen LogP contribution in [0.25, 0.3) is 10.8 Å². The second kappa shape index (κ2) is 9.75. The van der Waals surface area contributed by atoms with Gasteiger partial charge in [0.05, 0.1) is 5.39 Å². The third-order valence-electron chi connectivity index (χ3n) is 7.90. The van der Waals surface area contributed by atoms with Crippen LogP contribution < -0.4 is 0 Å². The molecule has 164 valence electrons. The Balaban J connectivity index is 1.39. The van der Waals surface area contributed by atoms with E-state index >= 15 is 0 Å². The van der Waals surface area contributed by atoms with Crippen molar-refractivity contribution in [2.75, 3.05) is 0 Å². The summed E-state index contributed by atoms with van der Waals surface area (Å²) >= 11 is 0. The molecule has 30 heavy (non-hydrogen) atoms. The summed E-state index contributed by atoms with van der Waals surface area (Å²) in [7, 11) is 0. The Morgan fingerprint density at radius 2 is 1.60 bits per heavy atom. The molecule has 2 saturated carbocycles. The zero-order valence-corrected chi connectivity index (χ0v) is 18.2. The van der Waals surface area contributed by atoms with Crippen molar-refractivity contribution in [1.29, 1.82) is 0 Å². The largest absolute Gasteiger partial charge is 0.206 e. The molecule has 2 fully saturated rings. The minimum Gasteiger partial charge on any atom is -0.206 e. The molecule has 2 aromatic carbocycles. The summed E-state index contributed by atoms with van der Waals surface area (Å²) in [6.45, 7) is 2.26. The first kappa shape index (κ1) is 21.7. The molecule has 0 bridgehead atoms. The van der Waals surface area contributed by atoms with Crippen molar-refractivity contribution in [3.05, 3.63) is 47.3 Å². The molecular formula is C27H35F3. The Kier molecular flexibility index (Phi) is 7.05. The number of hydrogen-bond acceptors (Lipinski definition) is 0. The van der Waals surface area contributed by atoms with Crippen LogP contribution in [0.4, 0.5) is 13.2 Å². The average molecular weight is 417 g/mol. The molecule has 0 saturated heterocycles. The fourth-order valence-electron chi connectivity index (χ4n) is 6.22. The molecule has 2 aliphatic carbocycles. The molecule has 0 amide bonds. The highest BCUT2D eigenvalue weighted by atomic mass is 19.2. The van der Waals surface area contributed by atoms with Gasteiger partial charge in [0.2, 0.25) is 0 Å². The summed E-state index contributed by atoms with van der Waals surface area (Å²) in [6.07, 6.45) is 15.0. The van der Waals surface area contributed by atoms with Crippen LogP contribution in [0.15, 0.2) is 24.3 Å². The van der Waals surface area contributed by atoms with Crippen molar-refractivity contribution in [3.63, 3.8) is 0 Å². The zero-order valence-electron chi connectivity index (χ0n) is 18.2. The van der Waals surface area contributed by atoms with Crippen LogP contribution in [-0.4, -0.2) is 0 Å². The van der Waals surface area contributed by atoms with Crippen LogP contribution in [0.3, 0.4) is 0 Å². The molecule has 4 atom stereocenters. The summed E-state index contributed by atoms with van der Waals surface area (Å²) in [5.74, 6) is -0.244. The summed E-state index contributed by atoms with van der Waals surface area (Å²) in [5.41, 5.74) is 0.460. The first-order valence-electron chi connectivity index (χ1n) is 12.1. The van der Waals surface area contributed by atoms with Gasteiger partial charge in [-0.1, -0.05) is 64.0 Å². The van der Waals surface area contributed by atoms with E-state index in [9.17, 15) is 13.2 Å². The Morgan fingerprint density at radius 3 is 2.43 bits per heavy atom. The Bertz CT molecular complexity index is 859. The van der Waals surface area contributed by atoms with E-state index < -0.39 is 17.5 Å². The molecule has 4 rings (SSSR count). The van der Waals surface area contributed by atoms with Crippen molar-refractivity contribution in [2.45, 2.75) is 89.9 Å². The monoisotopic (exact) mass is 416 g/mol. The van der Waals surface area contributed by atoms with Gasteiger partial charge < -0.3 is 0 Å². The van der Waals surface area contributed by atoms with Crippen molar-refractivity contribution in [1.82, 2.24) is 0 Å². The van der Waals surface area contributed by atoms with E-state index in [1.807, 2.05) is 0 Å². The molecule has 2 aromatic rings. The molecule has 4 unspecified atom stereocenters. The maximum absolute atomic E-state index is 14.9. The fraction of sp³-hybridized carbons (Fsp3) is 0.630. The van der Waals surface area contributed by atoms with Gasteiger partial charge in [-0.15, -0.1) is 0 Å².